The van der Waals surface area contributed by atoms with Crippen LogP contribution in [0, 0.1) is 12.8 Å². The largest absolute Gasteiger partial charge is 0.316 e. The first kappa shape index (κ1) is 21.8. The molecule has 0 saturated heterocycles. The molecule has 0 radical (unpaired) electrons. The van der Waals surface area contributed by atoms with E-state index < -0.39 is 0 Å². The summed E-state index contributed by atoms with van der Waals surface area (Å²) in [5.41, 5.74) is 2.37. The van der Waals surface area contributed by atoms with E-state index >= 15 is 0 Å². The minimum atomic E-state index is 0.635. The number of nitrogens with zero attached hydrogens (tertiary/aromatic N) is 5. The zero-order valence-electron chi connectivity index (χ0n) is 18.7. The fourth-order valence-electron chi connectivity index (χ4n) is 4.33. The molecule has 3 aromatic rings. The second-order valence-electron chi connectivity index (χ2n) is 8.57. The van der Waals surface area contributed by atoms with Crippen LogP contribution in [-0.2, 0) is 19.4 Å². The quantitative estimate of drug-likeness (QED) is 0.525. The monoisotopic (exact) mass is 436 g/mol. The number of anilines is 2. The van der Waals surface area contributed by atoms with Gasteiger partial charge in [-0.1, -0.05) is 13.0 Å². The van der Waals surface area contributed by atoms with Crippen molar-refractivity contribution in [2.45, 2.75) is 65.0 Å². The molecule has 6 nitrogen and oxygen atoms in total. The van der Waals surface area contributed by atoms with Crippen molar-refractivity contribution >= 4 is 22.3 Å². The highest BCUT2D eigenvalue weighted by Crippen LogP contribution is 2.30. The van der Waals surface area contributed by atoms with Gasteiger partial charge in [0.05, 0.1) is 0 Å². The minimum Gasteiger partial charge on any atom is -0.316 e. The van der Waals surface area contributed by atoms with Gasteiger partial charge in [0, 0.05) is 53.7 Å². The summed E-state index contributed by atoms with van der Waals surface area (Å²) in [5, 5.41) is 4.24. The van der Waals surface area contributed by atoms with Gasteiger partial charge in [-0.3, -0.25) is 4.90 Å². The third-order valence-electron chi connectivity index (χ3n) is 6.11. The Bertz CT molecular complexity index is 962. The van der Waals surface area contributed by atoms with Gasteiger partial charge in [0.2, 0.25) is 0 Å². The molecular weight excluding hydrogens is 404 g/mol. The lowest BCUT2D eigenvalue weighted by Gasteiger charge is -2.34. The summed E-state index contributed by atoms with van der Waals surface area (Å²) in [7, 11) is 2.23. The predicted molar refractivity (Wildman–Crippen MR) is 127 cm³/mol. The summed E-state index contributed by atoms with van der Waals surface area (Å²) in [4.78, 5) is 21.7. The third kappa shape index (κ3) is 6.08. The minimum absolute atomic E-state index is 0.635. The first-order valence-corrected chi connectivity index (χ1v) is 12.1. The Morgan fingerprint density at radius 1 is 1.06 bits per heavy atom. The van der Waals surface area contributed by atoms with E-state index in [-0.39, 0.29) is 0 Å². The van der Waals surface area contributed by atoms with Gasteiger partial charge in [0.1, 0.15) is 11.6 Å². The average Bonchev–Trinajstić information content (AvgIpc) is 3.19. The van der Waals surface area contributed by atoms with Crippen LogP contribution >= 0.6 is 11.3 Å². The molecule has 7 heteroatoms. The molecule has 0 aliphatic heterocycles. The summed E-state index contributed by atoms with van der Waals surface area (Å²) in [6.07, 6.45) is 12.8. The van der Waals surface area contributed by atoms with E-state index in [0.717, 1.165) is 36.2 Å². The Morgan fingerprint density at radius 2 is 1.84 bits per heavy atom. The average molecular weight is 437 g/mol. The van der Waals surface area contributed by atoms with Gasteiger partial charge < -0.3 is 5.32 Å². The molecule has 0 amide bonds. The van der Waals surface area contributed by atoms with E-state index in [0.29, 0.717) is 12.0 Å². The van der Waals surface area contributed by atoms with Crippen LogP contribution in [0.3, 0.4) is 0 Å². The van der Waals surface area contributed by atoms with Crippen LogP contribution in [0.25, 0.3) is 0 Å². The highest BCUT2D eigenvalue weighted by molar-refractivity contribution is 7.15. The SMILES string of the molecule is CCc1ncc(CN(C)C2CCC(Cc3cccc(Nc4ncc(C)s4)n3)CC2)cn1. The van der Waals surface area contributed by atoms with Gasteiger partial charge in [-0.2, -0.15) is 0 Å². The third-order valence-corrected chi connectivity index (χ3v) is 6.94. The van der Waals surface area contributed by atoms with Crippen molar-refractivity contribution in [1.82, 2.24) is 24.8 Å². The summed E-state index contributed by atoms with van der Waals surface area (Å²) < 4.78 is 0. The van der Waals surface area contributed by atoms with Crippen molar-refractivity contribution < 1.29 is 0 Å². The summed E-state index contributed by atoms with van der Waals surface area (Å²) in [6.45, 7) is 5.07. The van der Waals surface area contributed by atoms with Crippen LogP contribution in [0.4, 0.5) is 10.9 Å². The standard InChI is InChI=1S/C24H32N6S/c1-4-22-25-14-19(15-26-22)16-30(3)21-10-8-18(9-11-21)12-20-6-5-7-23(28-20)29-24-27-13-17(2)31-24/h5-7,13-15,18,21H,4,8-12,16H2,1-3H3,(H,27,28,29). The van der Waals surface area contributed by atoms with E-state index in [1.165, 1.54) is 41.8 Å². The topological polar surface area (TPSA) is 66.8 Å². The Labute approximate surface area is 189 Å². The Balaban J connectivity index is 1.26. The van der Waals surface area contributed by atoms with E-state index in [9.17, 15) is 0 Å². The van der Waals surface area contributed by atoms with Crippen molar-refractivity contribution in [3.63, 3.8) is 0 Å². The fourth-order valence-corrected chi connectivity index (χ4v) is 5.00. The summed E-state index contributed by atoms with van der Waals surface area (Å²) in [6, 6.07) is 6.90. The Kier molecular flexibility index (Phi) is 7.25. The molecule has 0 unspecified atom stereocenters. The lowest BCUT2D eigenvalue weighted by Crippen LogP contribution is -2.35. The van der Waals surface area contributed by atoms with Crippen LogP contribution in [0.5, 0.6) is 0 Å². The maximum Gasteiger partial charge on any atom is 0.188 e. The fraction of sp³-hybridized carbons (Fsp3) is 0.500. The summed E-state index contributed by atoms with van der Waals surface area (Å²) in [5.74, 6) is 2.51. The number of nitrogens with one attached hydrogen (secondary N) is 1. The first-order chi connectivity index (χ1) is 15.1. The zero-order chi connectivity index (χ0) is 21.6. The van der Waals surface area contributed by atoms with Crippen molar-refractivity contribution in [2.75, 3.05) is 12.4 Å². The zero-order valence-corrected chi connectivity index (χ0v) is 19.5. The van der Waals surface area contributed by atoms with Gasteiger partial charge in [0.25, 0.3) is 0 Å². The normalized spacial score (nSPS) is 19.0. The molecule has 0 bridgehead atoms. The first-order valence-electron chi connectivity index (χ1n) is 11.2. The molecule has 3 aromatic heterocycles. The highest BCUT2D eigenvalue weighted by Gasteiger charge is 2.24. The van der Waals surface area contributed by atoms with E-state index in [1.54, 1.807) is 11.3 Å². The van der Waals surface area contributed by atoms with Crippen LogP contribution in [0.2, 0.25) is 0 Å². The molecule has 1 aliphatic rings. The smallest absolute Gasteiger partial charge is 0.188 e. The molecule has 0 spiro atoms. The van der Waals surface area contributed by atoms with Gasteiger partial charge in [-0.15, -0.1) is 11.3 Å². The van der Waals surface area contributed by atoms with Gasteiger partial charge in [-0.05, 0) is 64.1 Å². The van der Waals surface area contributed by atoms with E-state index in [4.69, 9.17) is 4.98 Å². The number of pyridine rings is 1. The number of thiazole rings is 1. The Morgan fingerprint density at radius 3 is 2.52 bits per heavy atom. The van der Waals surface area contributed by atoms with Crippen molar-refractivity contribution in [1.29, 1.82) is 0 Å². The van der Waals surface area contributed by atoms with Gasteiger partial charge >= 0.3 is 0 Å². The number of aryl methyl sites for hydroxylation is 2. The molecule has 0 atom stereocenters. The molecule has 3 heterocycles. The molecule has 164 valence electrons. The van der Waals surface area contributed by atoms with E-state index in [1.807, 2.05) is 24.7 Å². The maximum absolute atomic E-state index is 4.83. The molecule has 1 N–H and O–H groups in total. The molecular formula is C24H32N6S. The predicted octanol–water partition coefficient (Wildman–Crippen LogP) is 5.18. The van der Waals surface area contributed by atoms with Crippen LogP contribution in [0.15, 0.2) is 36.8 Å². The molecule has 1 saturated carbocycles. The van der Waals surface area contributed by atoms with Crippen LogP contribution in [0.1, 0.15) is 54.6 Å². The maximum atomic E-state index is 4.83. The lowest BCUT2D eigenvalue weighted by atomic mass is 9.82. The highest BCUT2D eigenvalue weighted by atomic mass is 32.1. The molecule has 31 heavy (non-hydrogen) atoms. The van der Waals surface area contributed by atoms with Gasteiger partial charge in [0.15, 0.2) is 5.13 Å². The number of hydrogen-bond donors (Lipinski definition) is 1. The van der Waals surface area contributed by atoms with Crippen molar-refractivity contribution in [2.24, 2.45) is 5.92 Å². The number of rotatable bonds is 8. The number of aromatic nitrogens is 4. The lowest BCUT2D eigenvalue weighted by molar-refractivity contribution is 0.158. The molecule has 4 rings (SSSR count). The van der Waals surface area contributed by atoms with Crippen LogP contribution in [-0.4, -0.2) is 37.9 Å². The van der Waals surface area contributed by atoms with E-state index in [2.05, 4.69) is 58.2 Å². The molecule has 0 aromatic carbocycles. The Hall–Kier alpha value is -2.38. The second kappa shape index (κ2) is 10.3. The molecule has 1 fully saturated rings. The van der Waals surface area contributed by atoms with Crippen LogP contribution < -0.4 is 5.32 Å². The second-order valence-corrected chi connectivity index (χ2v) is 9.80. The molecule has 1 aliphatic carbocycles. The van der Waals surface area contributed by atoms with Gasteiger partial charge in [-0.25, -0.2) is 19.9 Å². The van der Waals surface area contributed by atoms with Crippen molar-refractivity contribution in [3.8, 4) is 0 Å². The number of hydrogen-bond acceptors (Lipinski definition) is 7. The summed E-state index contributed by atoms with van der Waals surface area (Å²) >= 11 is 1.65. The van der Waals surface area contributed by atoms with Crippen molar-refractivity contribution in [3.05, 3.63) is 58.7 Å².